The van der Waals surface area contributed by atoms with E-state index in [1.807, 2.05) is 18.2 Å². The number of hydrogen-bond donors (Lipinski definition) is 0. The second kappa shape index (κ2) is 10.2. The van der Waals surface area contributed by atoms with Gasteiger partial charge < -0.3 is 19.1 Å². The molecule has 0 radical (unpaired) electrons. The van der Waals surface area contributed by atoms with Crippen LogP contribution in [-0.2, 0) is 20.9 Å². The lowest BCUT2D eigenvalue weighted by molar-refractivity contribution is -0.150. The van der Waals surface area contributed by atoms with Crippen LogP contribution < -0.4 is 4.74 Å². The van der Waals surface area contributed by atoms with Crippen molar-refractivity contribution in [3.05, 3.63) is 65.0 Å². The molecule has 0 aromatic heterocycles. The van der Waals surface area contributed by atoms with Crippen molar-refractivity contribution in [3.8, 4) is 5.75 Å². The van der Waals surface area contributed by atoms with Gasteiger partial charge in [0.15, 0.2) is 23.4 Å². The lowest BCUT2D eigenvalue weighted by atomic mass is 10.0. The number of likely N-dealkylation sites (tertiary alicyclic amines) is 1. The predicted molar refractivity (Wildman–Crippen MR) is 115 cm³/mol. The topological polar surface area (TPSA) is 85.4 Å². The molecule has 0 bridgehead atoms. The number of halogens is 3. The van der Waals surface area contributed by atoms with Crippen molar-refractivity contribution < 1.29 is 41.8 Å². The summed E-state index contributed by atoms with van der Waals surface area (Å²) in [7, 11) is 0.969. The molecule has 35 heavy (non-hydrogen) atoms. The van der Waals surface area contributed by atoms with Crippen LogP contribution in [0.4, 0.5) is 18.0 Å². The maximum Gasteiger partial charge on any atom is 0.410 e. The first-order valence-electron chi connectivity index (χ1n) is 11.0. The summed E-state index contributed by atoms with van der Waals surface area (Å²) >= 11 is 0. The first-order chi connectivity index (χ1) is 16.8. The molecular formula is C24H23F3N2O6. The molecule has 2 aromatic rings. The Morgan fingerprint density at radius 3 is 2.43 bits per heavy atom. The summed E-state index contributed by atoms with van der Waals surface area (Å²) in [6.45, 7) is 0.0967. The lowest BCUT2D eigenvalue weighted by Gasteiger charge is -2.37. The third-order valence-corrected chi connectivity index (χ3v) is 6.10. The highest BCUT2D eigenvalue weighted by atomic mass is 19.2. The van der Waals surface area contributed by atoms with Crippen LogP contribution in [0, 0.1) is 17.5 Å². The summed E-state index contributed by atoms with van der Waals surface area (Å²) < 4.78 is 57.1. The van der Waals surface area contributed by atoms with Gasteiger partial charge in [-0.3, -0.25) is 9.69 Å². The van der Waals surface area contributed by atoms with Gasteiger partial charge in [-0.05, 0) is 24.5 Å². The first-order valence-corrected chi connectivity index (χ1v) is 11.0. The summed E-state index contributed by atoms with van der Waals surface area (Å²) in [5, 5.41) is 0. The molecule has 2 aromatic carbocycles. The van der Waals surface area contributed by atoms with Gasteiger partial charge in [0.1, 0.15) is 13.2 Å². The maximum absolute atomic E-state index is 14.5. The molecule has 0 spiro atoms. The number of amides is 2. The van der Waals surface area contributed by atoms with Crippen molar-refractivity contribution in [3.63, 3.8) is 0 Å². The normalized spacial score (nSPS) is 18.4. The molecule has 0 aliphatic carbocycles. The molecule has 0 saturated carbocycles. The van der Waals surface area contributed by atoms with E-state index in [-0.39, 0.29) is 39.1 Å². The quantitative estimate of drug-likeness (QED) is 0.455. The molecule has 2 saturated heterocycles. The zero-order valence-corrected chi connectivity index (χ0v) is 18.8. The number of rotatable bonds is 6. The molecule has 2 fully saturated rings. The molecule has 11 heteroatoms. The van der Waals surface area contributed by atoms with Crippen LogP contribution in [-0.4, -0.2) is 66.7 Å². The number of nitrogens with zero attached hydrogens (tertiary/aromatic N) is 2. The molecule has 4 rings (SSSR count). The number of ether oxygens (including phenoxy) is 3. The third-order valence-electron chi connectivity index (χ3n) is 6.10. The molecule has 2 amide bonds. The number of carbonyl (C=O) groups excluding carboxylic acids is 3. The van der Waals surface area contributed by atoms with E-state index < -0.39 is 58.8 Å². The Bertz CT molecular complexity index is 1120. The van der Waals surface area contributed by atoms with Gasteiger partial charge in [-0.15, -0.1) is 0 Å². The van der Waals surface area contributed by atoms with Gasteiger partial charge in [-0.25, -0.2) is 18.4 Å². The highest BCUT2D eigenvalue weighted by molar-refractivity contribution is 5.95. The van der Waals surface area contributed by atoms with Crippen molar-refractivity contribution in [2.45, 2.75) is 31.5 Å². The Labute approximate surface area is 199 Å². The first kappa shape index (κ1) is 24.4. The van der Waals surface area contributed by atoms with Gasteiger partial charge in [0.05, 0.1) is 12.7 Å². The van der Waals surface area contributed by atoms with Gasteiger partial charge in [0.2, 0.25) is 5.82 Å². The number of methoxy groups -OCH3 is 1. The Hall–Kier alpha value is -3.76. The molecular weight excluding hydrogens is 469 g/mol. The van der Waals surface area contributed by atoms with E-state index in [0.29, 0.717) is 6.07 Å². The number of benzene rings is 2. The number of esters is 1. The van der Waals surface area contributed by atoms with E-state index in [1.54, 1.807) is 12.1 Å². The molecule has 8 nitrogen and oxygen atoms in total. The summed E-state index contributed by atoms with van der Waals surface area (Å²) in [5.41, 5.74) is 0.146. The largest absolute Gasteiger partial charge is 0.491 e. The summed E-state index contributed by atoms with van der Waals surface area (Å²) in [4.78, 5) is 40.4. The van der Waals surface area contributed by atoms with Gasteiger partial charge in [-0.2, -0.15) is 4.39 Å². The van der Waals surface area contributed by atoms with E-state index in [2.05, 4.69) is 4.74 Å². The minimum Gasteiger partial charge on any atom is -0.491 e. The van der Waals surface area contributed by atoms with Crippen LogP contribution in [0.3, 0.4) is 0 Å². The Kier molecular flexibility index (Phi) is 7.13. The van der Waals surface area contributed by atoms with E-state index >= 15 is 0 Å². The molecule has 1 unspecified atom stereocenters. The minimum atomic E-state index is -1.52. The summed E-state index contributed by atoms with van der Waals surface area (Å²) in [6.07, 6.45) is -0.120. The van der Waals surface area contributed by atoms with Gasteiger partial charge >= 0.3 is 12.1 Å². The van der Waals surface area contributed by atoms with Crippen LogP contribution in [0.25, 0.3) is 0 Å². The Balaban J connectivity index is 1.40. The molecule has 0 N–H and O–H groups in total. The molecule has 2 heterocycles. The van der Waals surface area contributed by atoms with Crippen molar-refractivity contribution in [2.75, 3.05) is 26.8 Å². The Morgan fingerprint density at radius 2 is 1.77 bits per heavy atom. The Morgan fingerprint density at radius 1 is 1.09 bits per heavy atom. The fourth-order valence-corrected chi connectivity index (χ4v) is 4.28. The fourth-order valence-electron chi connectivity index (χ4n) is 4.28. The molecule has 2 aliphatic rings. The number of cyclic esters (lactones) is 1. The minimum absolute atomic E-state index is 0.0500. The van der Waals surface area contributed by atoms with Gasteiger partial charge in [0.25, 0.3) is 5.91 Å². The fraction of sp³-hybridized carbons (Fsp3) is 0.375. The molecule has 186 valence electrons. The van der Waals surface area contributed by atoms with E-state index in [9.17, 15) is 27.6 Å². The van der Waals surface area contributed by atoms with E-state index in [4.69, 9.17) is 9.47 Å². The predicted octanol–water partition coefficient (Wildman–Crippen LogP) is 3.28. The van der Waals surface area contributed by atoms with Gasteiger partial charge in [0, 0.05) is 19.1 Å². The highest BCUT2D eigenvalue weighted by Gasteiger charge is 2.44. The smallest absolute Gasteiger partial charge is 0.410 e. The molecule has 2 aliphatic heterocycles. The highest BCUT2D eigenvalue weighted by Crippen LogP contribution is 2.30. The van der Waals surface area contributed by atoms with Crippen molar-refractivity contribution in [1.82, 2.24) is 9.80 Å². The van der Waals surface area contributed by atoms with Crippen LogP contribution in [0.1, 0.15) is 28.8 Å². The average Bonchev–Trinajstić information content (AvgIpc) is 3.27. The monoisotopic (exact) mass is 492 g/mol. The third kappa shape index (κ3) is 4.89. The number of piperidine rings is 1. The lowest BCUT2D eigenvalue weighted by Crippen LogP contribution is -2.52. The van der Waals surface area contributed by atoms with Crippen molar-refractivity contribution in [2.24, 2.45) is 0 Å². The van der Waals surface area contributed by atoms with E-state index in [1.165, 1.54) is 9.80 Å². The standard InChI is InChI=1S/C24H23F3N2O6/c1-33-21-19(26)16(11-17(25)20(21)27)22(30)28-9-7-15(8-10-28)29-18(13-35-24(29)32)23(31)34-12-14-5-3-2-4-6-14/h2-6,11,15,18H,7-10,12-13H2,1H3. The van der Waals surface area contributed by atoms with Crippen LogP contribution in [0.5, 0.6) is 5.75 Å². The average molecular weight is 492 g/mol. The summed E-state index contributed by atoms with van der Waals surface area (Å²) in [6, 6.07) is 8.23. The van der Waals surface area contributed by atoms with E-state index in [0.717, 1.165) is 12.7 Å². The van der Waals surface area contributed by atoms with Crippen LogP contribution >= 0.6 is 0 Å². The van der Waals surface area contributed by atoms with Crippen molar-refractivity contribution >= 4 is 18.0 Å². The SMILES string of the molecule is COc1c(F)c(F)cc(C(=O)N2CCC(N3C(=O)OCC3C(=O)OCc3ccccc3)CC2)c1F. The second-order valence-electron chi connectivity index (χ2n) is 8.18. The zero-order chi connectivity index (χ0) is 25.1. The zero-order valence-electron chi connectivity index (χ0n) is 18.8. The molecule has 1 atom stereocenters. The maximum atomic E-state index is 14.5. The van der Waals surface area contributed by atoms with Crippen LogP contribution in [0.2, 0.25) is 0 Å². The van der Waals surface area contributed by atoms with Gasteiger partial charge in [-0.1, -0.05) is 30.3 Å². The second-order valence-corrected chi connectivity index (χ2v) is 8.18. The van der Waals surface area contributed by atoms with Crippen molar-refractivity contribution in [1.29, 1.82) is 0 Å². The number of carbonyl (C=O) groups is 3. The van der Waals surface area contributed by atoms with Crippen LogP contribution in [0.15, 0.2) is 36.4 Å². The summed E-state index contributed by atoms with van der Waals surface area (Å²) in [5.74, 6) is -6.62. The number of hydrogen-bond acceptors (Lipinski definition) is 6.